The average molecular weight is 383 g/mol. The van der Waals surface area contributed by atoms with Crippen LogP contribution in [0.25, 0.3) is 22.0 Å². The largest absolute Gasteiger partial charge is 0.337 e. The molecule has 4 aromatic rings. The van der Waals surface area contributed by atoms with Gasteiger partial charge >= 0.3 is 0 Å². The first-order valence-corrected chi connectivity index (χ1v) is 9.45. The topological polar surface area (TPSA) is 71.9 Å². The number of nitrogens with zero attached hydrogens (tertiary/aromatic N) is 5. The van der Waals surface area contributed by atoms with Gasteiger partial charge in [0.05, 0.1) is 5.52 Å². The van der Waals surface area contributed by atoms with E-state index in [1.54, 1.807) is 42.9 Å². The molecule has 0 N–H and O–H groups in total. The van der Waals surface area contributed by atoms with Gasteiger partial charge in [-0.25, -0.2) is 4.98 Å². The highest BCUT2D eigenvalue weighted by Gasteiger charge is 2.21. The number of amides is 1. The molecular weight excluding hydrogens is 362 g/mol. The van der Waals surface area contributed by atoms with Gasteiger partial charge in [-0.15, -0.1) is 0 Å². The summed E-state index contributed by atoms with van der Waals surface area (Å²) in [6.45, 7) is 2.02. The summed E-state index contributed by atoms with van der Waals surface area (Å²) in [5.41, 5.74) is 3.99. The highest BCUT2D eigenvalue weighted by molar-refractivity contribution is 6.01. The van der Waals surface area contributed by atoms with E-state index in [9.17, 15) is 4.79 Å². The SMILES string of the molecule is C[C@H](Cc1ccccn1)N(C)C(=O)c1cc(-c2ccncc2)c2cnccc2n1. The minimum atomic E-state index is -0.123. The number of likely N-dealkylation sites (N-methyl/N-ethyl adjacent to an activating group) is 1. The van der Waals surface area contributed by atoms with Crippen LogP contribution in [0.5, 0.6) is 0 Å². The molecule has 0 bridgehead atoms. The lowest BCUT2D eigenvalue weighted by Crippen LogP contribution is -2.37. The Bertz CT molecular complexity index is 1130. The normalized spacial score (nSPS) is 11.9. The first-order valence-electron chi connectivity index (χ1n) is 9.45. The van der Waals surface area contributed by atoms with Gasteiger partial charge in [-0.05, 0) is 54.4 Å². The van der Waals surface area contributed by atoms with Crippen LogP contribution >= 0.6 is 0 Å². The standard InChI is InChI=1S/C23H21N5O/c1-16(13-18-5-3-4-9-26-18)28(2)23(29)22-14-19(17-6-10-24-11-7-17)20-15-25-12-8-21(20)27-22/h3-12,14-16H,13H2,1-2H3/t16-/m1/s1. The number of rotatable bonds is 5. The first kappa shape index (κ1) is 18.7. The molecule has 0 unspecified atom stereocenters. The summed E-state index contributed by atoms with van der Waals surface area (Å²) in [6.07, 6.45) is 9.38. The van der Waals surface area contributed by atoms with E-state index < -0.39 is 0 Å². The molecule has 4 rings (SSSR count). The first-order chi connectivity index (χ1) is 14.1. The zero-order chi connectivity index (χ0) is 20.2. The van der Waals surface area contributed by atoms with Crippen LogP contribution in [0.15, 0.2) is 73.4 Å². The van der Waals surface area contributed by atoms with Gasteiger partial charge in [0, 0.05) is 61.6 Å². The molecule has 0 aliphatic rings. The highest BCUT2D eigenvalue weighted by atomic mass is 16.2. The van der Waals surface area contributed by atoms with E-state index >= 15 is 0 Å². The predicted molar refractivity (Wildman–Crippen MR) is 112 cm³/mol. The Morgan fingerprint density at radius 1 is 1.03 bits per heavy atom. The van der Waals surface area contributed by atoms with Crippen molar-refractivity contribution < 1.29 is 4.79 Å². The van der Waals surface area contributed by atoms with Crippen molar-refractivity contribution in [1.82, 2.24) is 24.8 Å². The molecule has 0 aromatic carbocycles. The maximum atomic E-state index is 13.2. The zero-order valence-corrected chi connectivity index (χ0v) is 16.4. The quantitative estimate of drug-likeness (QED) is 0.524. The lowest BCUT2D eigenvalue weighted by atomic mass is 10.0. The lowest BCUT2D eigenvalue weighted by molar-refractivity contribution is 0.0737. The van der Waals surface area contributed by atoms with E-state index in [2.05, 4.69) is 19.9 Å². The van der Waals surface area contributed by atoms with Gasteiger partial charge in [0.25, 0.3) is 5.91 Å². The Kier molecular flexibility index (Phi) is 5.24. The van der Waals surface area contributed by atoms with E-state index in [1.165, 1.54) is 0 Å². The van der Waals surface area contributed by atoms with Crippen molar-refractivity contribution in [2.24, 2.45) is 0 Å². The molecular formula is C23H21N5O. The third-order valence-corrected chi connectivity index (χ3v) is 5.03. The fourth-order valence-electron chi connectivity index (χ4n) is 3.29. The molecule has 6 nitrogen and oxygen atoms in total. The molecule has 29 heavy (non-hydrogen) atoms. The number of carbonyl (C=O) groups is 1. The zero-order valence-electron chi connectivity index (χ0n) is 16.4. The maximum absolute atomic E-state index is 13.2. The molecule has 4 heterocycles. The smallest absolute Gasteiger partial charge is 0.272 e. The van der Waals surface area contributed by atoms with E-state index in [-0.39, 0.29) is 11.9 Å². The van der Waals surface area contributed by atoms with Crippen LogP contribution in [0.3, 0.4) is 0 Å². The number of fused-ring (bicyclic) bond motifs is 1. The van der Waals surface area contributed by atoms with Crippen LogP contribution in [0.2, 0.25) is 0 Å². The van der Waals surface area contributed by atoms with E-state index in [1.807, 2.05) is 49.4 Å². The van der Waals surface area contributed by atoms with Crippen LogP contribution in [0, 0.1) is 0 Å². The summed E-state index contributed by atoms with van der Waals surface area (Å²) in [5.74, 6) is -0.123. The molecule has 4 aromatic heterocycles. The summed E-state index contributed by atoms with van der Waals surface area (Å²) in [5, 5.41) is 0.902. The number of hydrogen-bond acceptors (Lipinski definition) is 5. The van der Waals surface area contributed by atoms with E-state index in [4.69, 9.17) is 0 Å². The van der Waals surface area contributed by atoms with Gasteiger partial charge in [0.1, 0.15) is 5.69 Å². The van der Waals surface area contributed by atoms with Gasteiger partial charge < -0.3 is 4.90 Å². The molecule has 0 spiro atoms. The summed E-state index contributed by atoms with van der Waals surface area (Å²) in [6, 6.07) is 13.3. The molecule has 144 valence electrons. The summed E-state index contributed by atoms with van der Waals surface area (Å²) < 4.78 is 0. The van der Waals surface area contributed by atoms with E-state index in [0.717, 1.165) is 27.7 Å². The van der Waals surface area contributed by atoms with Crippen LogP contribution in [-0.2, 0) is 6.42 Å². The second-order valence-electron chi connectivity index (χ2n) is 6.97. The number of hydrogen-bond donors (Lipinski definition) is 0. The highest BCUT2D eigenvalue weighted by Crippen LogP contribution is 2.28. The third-order valence-electron chi connectivity index (χ3n) is 5.03. The summed E-state index contributed by atoms with van der Waals surface area (Å²) in [7, 11) is 1.81. The van der Waals surface area contributed by atoms with Crippen molar-refractivity contribution in [1.29, 1.82) is 0 Å². The fourth-order valence-corrected chi connectivity index (χ4v) is 3.29. The van der Waals surface area contributed by atoms with Crippen LogP contribution in [0.1, 0.15) is 23.1 Å². The molecule has 1 amide bonds. The van der Waals surface area contributed by atoms with Crippen molar-refractivity contribution in [3.63, 3.8) is 0 Å². The number of aromatic nitrogens is 4. The van der Waals surface area contributed by atoms with Crippen LogP contribution < -0.4 is 0 Å². The average Bonchev–Trinajstić information content (AvgIpc) is 2.78. The Balaban J connectivity index is 1.69. The molecule has 6 heteroatoms. The number of pyridine rings is 4. The minimum absolute atomic E-state index is 0.0169. The number of carbonyl (C=O) groups excluding carboxylic acids is 1. The molecule has 0 aliphatic carbocycles. The molecule has 0 saturated heterocycles. The molecule has 0 saturated carbocycles. The maximum Gasteiger partial charge on any atom is 0.272 e. The van der Waals surface area contributed by atoms with Crippen molar-refractivity contribution >= 4 is 16.8 Å². The van der Waals surface area contributed by atoms with Crippen LogP contribution in [0.4, 0.5) is 0 Å². The Morgan fingerprint density at radius 2 is 1.83 bits per heavy atom. The van der Waals surface area contributed by atoms with Gasteiger partial charge in [0.15, 0.2) is 0 Å². The Hall–Kier alpha value is -3.67. The van der Waals surface area contributed by atoms with Crippen molar-refractivity contribution in [3.8, 4) is 11.1 Å². The van der Waals surface area contributed by atoms with Gasteiger partial charge in [0.2, 0.25) is 0 Å². The summed E-state index contributed by atoms with van der Waals surface area (Å²) >= 11 is 0. The Morgan fingerprint density at radius 3 is 2.59 bits per heavy atom. The summed E-state index contributed by atoms with van der Waals surface area (Å²) in [4.78, 5) is 32.2. The van der Waals surface area contributed by atoms with Gasteiger partial charge in [-0.2, -0.15) is 0 Å². The lowest BCUT2D eigenvalue weighted by Gasteiger charge is -2.25. The molecule has 0 radical (unpaired) electrons. The third kappa shape index (κ3) is 3.96. The van der Waals surface area contributed by atoms with Crippen molar-refractivity contribution in [2.75, 3.05) is 7.05 Å². The van der Waals surface area contributed by atoms with Crippen LogP contribution in [-0.4, -0.2) is 43.8 Å². The van der Waals surface area contributed by atoms with Gasteiger partial charge in [-0.1, -0.05) is 6.07 Å². The Labute approximate surface area is 169 Å². The molecule has 0 aliphatic heterocycles. The monoisotopic (exact) mass is 383 g/mol. The van der Waals surface area contributed by atoms with E-state index in [0.29, 0.717) is 12.1 Å². The van der Waals surface area contributed by atoms with Gasteiger partial charge in [-0.3, -0.25) is 19.7 Å². The second-order valence-corrected chi connectivity index (χ2v) is 6.97. The second kappa shape index (κ2) is 8.14. The molecule has 1 atom stereocenters. The van der Waals surface area contributed by atoms with Crippen molar-refractivity contribution in [3.05, 3.63) is 84.8 Å². The van der Waals surface area contributed by atoms with Crippen molar-refractivity contribution in [2.45, 2.75) is 19.4 Å². The predicted octanol–water partition coefficient (Wildman–Crippen LogP) is 3.79. The molecule has 0 fully saturated rings. The fraction of sp³-hybridized carbons (Fsp3) is 0.174. The minimum Gasteiger partial charge on any atom is -0.337 e.